The molecule has 6 nitrogen and oxygen atoms in total. The maximum Gasteiger partial charge on any atom is 0.225 e. The van der Waals surface area contributed by atoms with Gasteiger partial charge in [-0.15, -0.1) is 0 Å². The number of phenols is 1. The maximum absolute atomic E-state index is 12.2. The fourth-order valence-electron chi connectivity index (χ4n) is 3.39. The second-order valence-electron chi connectivity index (χ2n) is 6.63. The van der Waals surface area contributed by atoms with Crippen molar-refractivity contribution >= 4 is 11.6 Å². The first-order chi connectivity index (χ1) is 13.0. The number of phenolic OH excluding ortho intramolecular Hbond substituents is 1. The van der Waals surface area contributed by atoms with E-state index in [1.165, 1.54) is 7.11 Å². The zero-order valence-corrected chi connectivity index (χ0v) is 15.1. The number of amides is 1. The third-order valence-electron chi connectivity index (χ3n) is 4.74. The molecule has 4 rings (SSSR count). The third-order valence-corrected chi connectivity index (χ3v) is 4.74. The van der Waals surface area contributed by atoms with E-state index in [1.54, 1.807) is 24.5 Å². The number of rotatable bonds is 3. The number of aromatic hydroxyl groups is 1. The van der Waals surface area contributed by atoms with Crippen LogP contribution in [0, 0.1) is 6.92 Å². The topological polar surface area (TPSA) is 84.3 Å². The van der Waals surface area contributed by atoms with Crippen LogP contribution in [0.2, 0.25) is 0 Å². The number of anilines is 1. The van der Waals surface area contributed by atoms with Gasteiger partial charge in [-0.3, -0.25) is 4.79 Å². The van der Waals surface area contributed by atoms with Crippen molar-refractivity contribution in [3.8, 4) is 22.9 Å². The molecule has 136 valence electrons. The number of nitrogens with one attached hydrogen (secondary N) is 1. The fourth-order valence-corrected chi connectivity index (χ4v) is 3.39. The predicted octanol–water partition coefficient (Wildman–Crippen LogP) is 3.64. The smallest absolute Gasteiger partial charge is 0.225 e. The van der Waals surface area contributed by atoms with Crippen molar-refractivity contribution in [2.75, 3.05) is 12.4 Å². The summed E-state index contributed by atoms with van der Waals surface area (Å²) in [6.07, 6.45) is 3.77. The lowest BCUT2D eigenvalue weighted by Gasteiger charge is -2.26. The molecule has 0 bridgehead atoms. The van der Waals surface area contributed by atoms with Gasteiger partial charge in [0.1, 0.15) is 0 Å². The van der Waals surface area contributed by atoms with Crippen LogP contribution in [0.1, 0.15) is 29.0 Å². The molecule has 3 aromatic rings. The largest absolute Gasteiger partial charge is 0.504 e. The number of aromatic nitrogens is 2. The monoisotopic (exact) mass is 361 g/mol. The minimum Gasteiger partial charge on any atom is -0.504 e. The van der Waals surface area contributed by atoms with E-state index < -0.39 is 0 Å². The van der Waals surface area contributed by atoms with Crippen molar-refractivity contribution in [2.24, 2.45) is 0 Å². The molecule has 1 aliphatic rings. The average Bonchev–Trinajstić information content (AvgIpc) is 2.67. The van der Waals surface area contributed by atoms with Crippen molar-refractivity contribution in [1.82, 2.24) is 9.97 Å². The van der Waals surface area contributed by atoms with Gasteiger partial charge in [0, 0.05) is 42.0 Å². The van der Waals surface area contributed by atoms with Gasteiger partial charge in [0.05, 0.1) is 7.11 Å². The fraction of sp³-hybridized carbons (Fsp3) is 0.190. The van der Waals surface area contributed by atoms with Crippen molar-refractivity contribution < 1.29 is 14.6 Å². The number of hydrogen-bond acceptors (Lipinski definition) is 5. The van der Waals surface area contributed by atoms with E-state index in [-0.39, 0.29) is 24.0 Å². The number of carbonyl (C=O) groups is 1. The van der Waals surface area contributed by atoms with E-state index in [2.05, 4.69) is 15.3 Å². The molecule has 0 radical (unpaired) electrons. The highest BCUT2D eigenvalue weighted by atomic mass is 16.5. The molecule has 0 fully saturated rings. The SMILES string of the molecule is COc1cc2c(cc1O)[C@@H](c1cnc(-c3cccc(C)c3)nc1)CC(=O)N2. The highest BCUT2D eigenvalue weighted by molar-refractivity contribution is 5.96. The quantitative estimate of drug-likeness (QED) is 0.696. The molecule has 0 saturated heterocycles. The summed E-state index contributed by atoms with van der Waals surface area (Å²) in [6, 6.07) is 11.3. The molecular formula is C21H19N3O3. The number of carbonyl (C=O) groups excluding carboxylic acids is 1. The van der Waals surface area contributed by atoms with Crippen LogP contribution in [0.15, 0.2) is 48.8 Å². The molecular weight excluding hydrogens is 342 g/mol. The number of aryl methyl sites for hydroxylation is 1. The van der Waals surface area contributed by atoms with E-state index >= 15 is 0 Å². The molecule has 2 N–H and O–H groups in total. The first-order valence-corrected chi connectivity index (χ1v) is 8.65. The molecule has 1 aromatic heterocycles. The molecule has 0 aliphatic carbocycles. The number of fused-ring (bicyclic) bond motifs is 1. The molecule has 0 spiro atoms. The van der Waals surface area contributed by atoms with E-state index in [9.17, 15) is 9.90 Å². The van der Waals surface area contributed by atoms with Gasteiger partial charge >= 0.3 is 0 Å². The lowest BCUT2D eigenvalue weighted by atomic mass is 9.86. The molecule has 27 heavy (non-hydrogen) atoms. The molecule has 1 amide bonds. The highest BCUT2D eigenvalue weighted by Crippen LogP contribution is 2.42. The van der Waals surface area contributed by atoms with Crippen LogP contribution >= 0.6 is 0 Å². The number of nitrogens with zero attached hydrogens (tertiary/aromatic N) is 2. The first-order valence-electron chi connectivity index (χ1n) is 8.65. The Hall–Kier alpha value is -3.41. The summed E-state index contributed by atoms with van der Waals surface area (Å²) in [5.41, 5.74) is 4.37. The number of benzene rings is 2. The van der Waals surface area contributed by atoms with Gasteiger partial charge in [0.2, 0.25) is 5.91 Å². The van der Waals surface area contributed by atoms with E-state index in [1.807, 2.05) is 31.2 Å². The van der Waals surface area contributed by atoms with Crippen LogP contribution in [0.5, 0.6) is 11.5 Å². The summed E-state index contributed by atoms with van der Waals surface area (Å²) in [6.45, 7) is 2.02. The van der Waals surface area contributed by atoms with Crippen molar-refractivity contribution in [3.63, 3.8) is 0 Å². The molecule has 2 aromatic carbocycles. The number of ether oxygens (including phenoxy) is 1. The average molecular weight is 361 g/mol. The summed E-state index contributed by atoms with van der Waals surface area (Å²) >= 11 is 0. The first kappa shape index (κ1) is 17.0. The van der Waals surface area contributed by atoms with Crippen LogP contribution in [-0.2, 0) is 4.79 Å². The predicted molar refractivity (Wildman–Crippen MR) is 102 cm³/mol. The van der Waals surface area contributed by atoms with Crippen LogP contribution in [-0.4, -0.2) is 28.1 Å². The van der Waals surface area contributed by atoms with Crippen molar-refractivity contribution in [1.29, 1.82) is 0 Å². The summed E-state index contributed by atoms with van der Waals surface area (Å²) in [5.74, 6) is 0.677. The molecule has 0 unspecified atom stereocenters. The Morgan fingerprint density at radius 3 is 2.67 bits per heavy atom. The zero-order valence-electron chi connectivity index (χ0n) is 15.1. The zero-order chi connectivity index (χ0) is 19.0. The summed E-state index contributed by atoms with van der Waals surface area (Å²) in [7, 11) is 1.47. The van der Waals surface area contributed by atoms with Crippen LogP contribution in [0.4, 0.5) is 5.69 Å². The van der Waals surface area contributed by atoms with E-state index in [4.69, 9.17) is 4.74 Å². The highest BCUT2D eigenvalue weighted by Gasteiger charge is 2.28. The lowest BCUT2D eigenvalue weighted by Crippen LogP contribution is -2.23. The van der Waals surface area contributed by atoms with Gasteiger partial charge in [-0.1, -0.05) is 23.8 Å². The van der Waals surface area contributed by atoms with Gasteiger partial charge in [-0.25, -0.2) is 9.97 Å². The van der Waals surface area contributed by atoms with Gasteiger partial charge < -0.3 is 15.2 Å². The maximum atomic E-state index is 12.2. The van der Waals surface area contributed by atoms with E-state index in [0.29, 0.717) is 17.3 Å². The summed E-state index contributed by atoms with van der Waals surface area (Å²) in [5, 5.41) is 13.0. The third kappa shape index (κ3) is 3.21. The Bertz CT molecular complexity index is 1020. The Morgan fingerprint density at radius 2 is 1.96 bits per heavy atom. The van der Waals surface area contributed by atoms with Gasteiger partial charge in [-0.2, -0.15) is 0 Å². The van der Waals surface area contributed by atoms with Crippen molar-refractivity contribution in [3.05, 3.63) is 65.5 Å². The Labute approximate surface area is 156 Å². The Balaban J connectivity index is 1.72. The molecule has 1 aliphatic heterocycles. The molecule has 1 atom stereocenters. The number of methoxy groups -OCH3 is 1. The van der Waals surface area contributed by atoms with Crippen LogP contribution in [0.3, 0.4) is 0 Å². The Kier molecular flexibility index (Phi) is 4.24. The van der Waals surface area contributed by atoms with Crippen molar-refractivity contribution in [2.45, 2.75) is 19.3 Å². The molecule has 0 saturated carbocycles. The normalized spacial score (nSPS) is 15.8. The minimum absolute atomic E-state index is 0.0368. The van der Waals surface area contributed by atoms with Crippen LogP contribution in [0.25, 0.3) is 11.4 Å². The second kappa shape index (κ2) is 6.72. The standard InChI is InChI=1S/C21H19N3O3/c1-12-4-3-5-13(6-12)21-22-10-14(11-23-21)15-8-20(26)24-17-9-19(27-2)18(25)7-16(15)17/h3-7,9-11,15,25H,8H2,1-2H3,(H,24,26)/t15-/m1/s1. The Morgan fingerprint density at radius 1 is 1.19 bits per heavy atom. The molecule has 6 heteroatoms. The van der Waals surface area contributed by atoms with Gasteiger partial charge in [-0.05, 0) is 30.2 Å². The number of hydrogen-bond donors (Lipinski definition) is 2. The summed E-state index contributed by atoms with van der Waals surface area (Å²) < 4.78 is 5.14. The minimum atomic E-state index is -0.225. The van der Waals surface area contributed by atoms with E-state index in [0.717, 1.165) is 22.3 Å². The van der Waals surface area contributed by atoms with Gasteiger partial charge in [0.15, 0.2) is 17.3 Å². The lowest BCUT2D eigenvalue weighted by molar-refractivity contribution is -0.116. The van der Waals surface area contributed by atoms with Gasteiger partial charge in [0.25, 0.3) is 0 Å². The molecule has 2 heterocycles. The van der Waals surface area contributed by atoms with Crippen LogP contribution < -0.4 is 10.1 Å². The summed E-state index contributed by atoms with van der Waals surface area (Å²) in [4.78, 5) is 21.1. The second-order valence-corrected chi connectivity index (χ2v) is 6.63.